The van der Waals surface area contributed by atoms with E-state index in [2.05, 4.69) is 9.98 Å². The van der Waals surface area contributed by atoms with Gasteiger partial charge in [-0.15, -0.1) is 0 Å². The topological polar surface area (TPSA) is 72.0 Å². The van der Waals surface area contributed by atoms with Gasteiger partial charge in [-0.3, -0.25) is 0 Å². The molecule has 1 heterocycles. The first-order valence-corrected chi connectivity index (χ1v) is 4.51. The van der Waals surface area contributed by atoms with Crippen LogP contribution in [-0.4, -0.2) is 25.2 Å². The summed E-state index contributed by atoms with van der Waals surface area (Å²) in [6.07, 6.45) is 5.70. The Morgan fingerprint density at radius 3 is 2.47 bits per heavy atom. The third kappa shape index (κ3) is 3.73. The van der Waals surface area contributed by atoms with E-state index >= 15 is 0 Å². The first kappa shape index (κ1) is 11.1. The molecule has 0 N–H and O–H groups in total. The van der Waals surface area contributed by atoms with Crippen LogP contribution < -0.4 is 0 Å². The Hall–Kier alpha value is -1.96. The SMILES string of the molecule is O=C=NCCc1ccoc1CCN=C=O. The van der Waals surface area contributed by atoms with Gasteiger partial charge in [0, 0.05) is 6.42 Å². The van der Waals surface area contributed by atoms with E-state index in [9.17, 15) is 9.59 Å². The third-order valence-electron chi connectivity index (χ3n) is 1.91. The summed E-state index contributed by atoms with van der Waals surface area (Å²) in [5, 5.41) is 0. The van der Waals surface area contributed by atoms with Crippen molar-refractivity contribution < 1.29 is 14.0 Å². The third-order valence-corrected chi connectivity index (χ3v) is 1.91. The monoisotopic (exact) mass is 206 g/mol. The van der Waals surface area contributed by atoms with Crippen LogP contribution in [0.2, 0.25) is 0 Å². The number of hydrogen-bond donors (Lipinski definition) is 0. The highest BCUT2D eigenvalue weighted by Crippen LogP contribution is 2.12. The molecule has 0 fully saturated rings. The Kier molecular flexibility index (Phi) is 4.81. The molecule has 1 aromatic rings. The lowest BCUT2D eigenvalue weighted by Gasteiger charge is -1.97. The smallest absolute Gasteiger partial charge is 0.234 e. The van der Waals surface area contributed by atoms with Gasteiger partial charge in [-0.1, -0.05) is 0 Å². The minimum atomic E-state index is 0.362. The largest absolute Gasteiger partial charge is 0.469 e. The van der Waals surface area contributed by atoms with E-state index in [0.717, 1.165) is 11.3 Å². The fraction of sp³-hybridized carbons (Fsp3) is 0.400. The van der Waals surface area contributed by atoms with E-state index in [0.29, 0.717) is 25.9 Å². The highest BCUT2D eigenvalue weighted by Gasteiger charge is 2.04. The predicted molar refractivity (Wildman–Crippen MR) is 52.1 cm³/mol. The predicted octanol–water partition coefficient (Wildman–Crippen LogP) is 1.04. The quantitative estimate of drug-likeness (QED) is 0.515. The summed E-state index contributed by atoms with van der Waals surface area (Å²) < 4.78 is 5.21. The van der Waals surface area contributed by atoms with Gasteiger partial charge in [-0.25, -0.2) is 19.6 Å². The van der Waals surface area contributed by atoms with E-state index in [4.69, 9.17) is 4.42 Å². The number of aliphatic imine (C=N–C) groups is 2. The van der Waals surface area contributed by atoms with Crippen LogP contribution in [0.25, 0.3) is 0 Å². The number of carbonyl (C=O) groups excluding carboxylic acids is 2. The molecule has 0 aromatic carbocycles. The highest BCUT2D eigenvalue weighted by atomic mass is 16.3. The summed E-state index contributed by atoms with van der Waals surface area (Å²) in [5.41, 5.74) is 0.982. The van der Waals surface area contributed by atoms with E-state index < -0.39 is 0 Å². The van der Waals surface area contributed by atoms with E-state index in [1.54, 1.807) is 6.26 Å². The van der Waals surface area contributed by atoms with Crippen LogP contribution in [0, 0.1) is 0 Å². The summed E-state index contributed by atoms with van der Waals surface area (Å²) in [4.78, 5) is 26.6. The van der Waals surface area contributed by atoms with Crippen LogP contribution >= 0.6 is 0 Å². The average molecular weight is 206 g/mol. The van der Waals surface area contributed by atoms with Gasteiger partial charge in [-0.2, -0.15) is 0 Å². The first-order valence-electron chi connectivity index (χ1n) is 4.51. The maximum atomic E-state index is 9.86. The van der Waals surface area contributed by atoms with Crippen LogP contribution in [0.4, 0.5) is 0 Å². The zero-order chi connectivity index (χ0) is 10.9. The fourth-order valence-corrected chi connectivity index (χ4v) is 1.23. The maximum absolute atomic E-state index is 9.86. The lowest BCUT2D eigenvalue weighted by atomic mass is 10.1. The average Bonchev–Trinajstić information content (AvgIpc) is 2.67. The second-order valence-corrected chi connectivity index (χ2v) is 2.82. The van der Waals surface area contributed by atoms with Crippen molar-refractivity contribution >= 4 is 12.2 Å². The fourth-order valence-electron chi connectivity index (χ4n) is 1.23. The van der Waals surface area contributed by atoms with Gasteiger partial charge < -0.3 is 4.42 Å². The van der Waals surface area contributed by atoms with Crippen LogP contribution in [-0.2, 0) is 22.4 Å². The first-order chi connectivity index (χ1) is 7.38. The Balaban J connectivity index is 2.52. The number of isocyanates is 2. The second-order valence-electron chi connectivity index (χ2n) is 2.82. The van der Waals surface area contributed by atoms with Crippen molar-refractivity contribution in [1.29, 1.82) is 0 Å². The summed E-state index contributed by atoms with van der Waals surface area (Å²) >= 11 is 0. The standard InChI is InChI=1S/C10H10N2O3/c13-7-11-4-1-9-3-6-15-10(9)2-5-12-8-14/h3,6H,1-2,4-5H2. The summed E-state index contributed by atoms with van der Waals surface area (Å²) in [6.45, 7) is 0.758. The molecule has 0 aliphatic rings. The van der Waals surface area contributed by atoms with Gasteiger partial charge in [0.15, 0.2) is 0 Å². The van der Waals surface area contributed by atoms with Gasteiger partial charge in [0.05, 0.1) is 19.4 Å². The van der Waals surface area contributed by atoms with Crippen molar-refractivity contribution in [3.63, 3.8) is 0 Å². The molecule has 0 unspecified atom stereocenters. The normalized spacial score (nSPS) is 9.07. The molecule has 0 saturated heterocycles. The molecule has 0 bridgehead atoms. The maximum Gasteiger partial charge on any atom is 0.234 e. The lowest BCUT2D eigenvalue weighted by molar-refractivity contribution is 0.505. The molecular weight excluding hydrogens is 196 g/mol. The molecular formula is C10H10N2O3. The van der Waals surface area contributed by atoms with Crippen LogP contribution in [0.15, 0.2) is 26.7 Å². The molecule has 1 rings (SSSR count). The molecule has 15 heavy (non-hydrogen) atoms. The van der Waals surface area contributed by atoms with Gasteiger partial charge in [-0.05, 0) is 18.1 Å². The summed E-state index contributed by atoms with van der Waals surface area (Å²) in [5.74, 6) is 0.773. The molecule has 0 spiro atoms. The van der Waals surface area contributed by atoms with Crippen molar-refractivity contribution in [3.8, 4) is 0 Å². The zero-order valence-electron chi connectivity index (χ0n) is 8.10. The van der Waals surface area contributed by atoms with E-state index in [1.165, 1.54) is 12.2 Å². The number of furan rings is 1. The Labute approximate surface area is 86.5 Å². The molecule has 5 heteroatoms. The van der Waals surface area contributed by atoms with Crippen molar-refractivity contribution in [2.75, 3.05) is 13.1 Å². The van der Waals surface area contributed by atoms with Crippen molar-refractivity contribution in [3.05, 3.63) is 23.7 Å². The van der Waals surface area contributed by atoms with Crippen LogP contribution in [0.1, 0.15) is 11.3 Å². The molecule has 0 amide bonds. The molecule has 0 saturated carbocycles. The van der Waals surface area contributed by atoms with E-state index in [1.807, 2.05) is 6.07 Å². The highest BCUT2D eigenvalue weighted by molar-refractivity contribution is 5.33. The van der Waals surface area contributed by atoms with Crippen LogP contribution in [0.5, 0.6) is 0 Å². The van der Waals surface area contributed by atoms with E-state index in [-0.39, 0.29) is 0 Å². The number of hydrogen-bond acceptors (Lipinski definition) is 5. The Morgan fingerprint density at radius 2 is 1.80 bits per heavy atom. The second kappa shape index (κ2) is 6.49. The van der Waals surface area contributed by atoms with Crippen molar-refractivity contribution in [2.24, 2.45) is 9.98 Å². The van der Waals surface area contributed by atoms with Crippen LogP contribution in [0.3, 0.4) is 0 Å². The molecule has 0 aliphatic heterocycles. The molecule has 0 atom stereocenters. The zero-order valence-corrected chi connectivity index (χ0v) is 8.10. The van der Waals surface area contributed by atoms with Gasteiger partial charge >= 0.3 is 0 Å². The number of nitrogens with zero attached hydrogens (tertiary/aromatic N) is 2. The molecule has 0 aliphatic carbocycles. The summed E-state index contributed by atoms with van der Waals surface area (Å²) in [7, 11) is 0. The minimum Gasteiger partial charge on any atom is -0.469 e. The van der Waals surface area contributed by atoms with Crippen molar-refractivity contribution in [2.45, 2.75) is 12.8 Å². The molecule has 1 aromatic heterocycles. The van der Waals surface area contributed by atoms with Gasteiger partial charge in [0.25, 0.3) is 0 Å². The molecule has 5 nitrogen and oxygen atoms in total. The van der Waals surface area contributed by atoms with Gasteiger partial charge in [0.1, 0.15) is 5.76 Å². The molecule has 0 radical (unpaired) electrons. The lowest BCUT2D eigenvalue weighted by Crippen LogP contribution is -1.95. The molecule has 78 valence electrons. The van der Waals surface area contributed by atoms with Gasteiger partial charge in [0.2, 0.25) is 12.2 Å². The van der Waals surface area contributed by atoms with Crippen molar-refractivity contribution in [1.82, 2.24) is 0 Å². The minimum absolute atomic E-state index is 0.362. The Morgan fingerprint density at radius 1 is 1.13 bits per heavy atom. The Bertz CT molecular complexity index is 362. The number of rotatable bonds is 6. The summed E-state index contributed by atoms with van der Waals surface area (Å²) in [6, 6.07) is 1.82.